The lowest BCUT2D eigenvalue weighted by Gasteiger charge is -2.17. The van der Waals surface area contributed by atoms with Gasteiger partial charge in [0.15, 0.2) is 9.79 Å². The molecule has 0 aliphatic carbocycles. The highest BCUT2D eigenvalue weighted by molar-refractivity contribution is 8.34. The van der Waals surface area contributed by atoms with E-state index in [1.54, 1.807) is 0 Å². The van der Waals surface area contributed by atoms with Crippen LogP contribution in [0.5, 0.6) is 0 Å². The highest BCUT2D eigenvalue weighted by Gasteiger charge is 2.40. The molecule has 0 amide bonds. The van der Waals surface area contributed by atoms with E-state index < -0.39 is 28.6 Å². The van der Waals surface area contributed by atoms with Crippen LogP contribution >= 0.6 is 10.5 Å². The molecule has 0 N–H and O–H groups in total. The van der Waals surface area contributed by atoms with Crippen LogP contribution in [0, 0.1) is 0 Å². The highest BCUT2D eigenvalue weighted by Crippen LogP contribution is 2.42. The van der Waals surface area contributed by atoms with Crippen molar-refractivity contribution in [2.75, 3.05) is 0 Å². The molecule has 1 nitrogen and oxygen atoms in total. The van der Waals surface area contributed by atoms with Crippen LogP contribution in [0.25, 0.3) is 0 Å². The predicted molar refractivity (Wildman–Crippen MR) is 160 cm³/mol. The molecular formula is C32H25BF4OS2. The molecule has 0 unspecified atom stereocenters. The standard InChI is InChI=1S/C32H25OS2.BF4/c33-31(26-16-6-1-7-17-26)32(34(27-18-8-2-9-19-27)28-20-10-3-11-21-28)35(29-22-12-4-13-23-29)30-24-14-5-15-25-30;2-1(3,4)5/h1-25H;/q+1;-1. The summed E-state index contributed by atoms with van der Waals surface area (Å²) in [7, 11) is -7.14. The van der Waals surface area contributed by atoms with E-state index >= 15 is 0 Å². The number of carbonyl (C=O) groups excluding carboxylic acids is 1. The molecule has 0 saturated heterocycles. The number of Topliss-reactive ketones (excluding diaryl/α,β-unsaturated/α-hetero) is 1. The van der Waals surface area contributed by atoms with E-state index in [0.29, 0.717) is 0 Å². The maximum atomic E-state index is 14.5. The van der Waals surface area contributed by atoms with Gasteiger partial charge in [0, 0.05) is 15.4 Å². The minimum Gasteiger partial charge on any atom is -0.418 e. The molecular weight excluding hydrogens is 551 g/mol. The third-order valence-corrected chi connectivity index (χ3v) is 10.6. The molecule has 5 aromatic rings. The van der Waals surface area contributed by atoms with E-state index in [9.17, 15) is 22.1 Å². The van der Waals surface area contributed by atoms with Crippen molar-refractivity contribution in [3.8, 4) is 0 Å². The molecule has 40 heavy (non-hydrogen) atoms. The second-order valence-corrected chi connectivity index (χ2v) is 12.5. The molecule has 0 saturated carbocycles. The normalized spacial score (nSPS) is 11.1. The van der Waals surface area contributed by atoms with Gasteiger partial charge in [-0.3, -0.25) is 4.79 Å². The van der Waals surface area contributed by atoms with E-state index in [1.165, 1.54) is 0 Å². The number of carbonyl (C=O) groups is 1. The summed E-state index contributed by atoms with van der Waals surface area (Å²) >= 11 is 0. The van der Waals surface area contributed by atoms with Gasteiger partial charge in [-0.1, -0.05) is 114 Å². The third-order valence-electron chi connectivity index (χ3n) is 5.51. The average molecular weight is 576 g/mol. The second-order valence-electron chi connectivity index (χ2n) is 8.34. The summed E-state index contributed by atoms with van der Waals surface area (Å²) in [5, 5.41) is 0. The van der Waals surface area contributed by atoms with Crippen LogP contribution < -0.4 is 0 Å². The lowest BCUT2D eigenvalue weighted by Crippen LogP contribution is -2.26. The molecule has 0 aliphatic rings. The van der Waals surface area contributed by atoms with Gasteiger partial charge in [-0.25, -0.2) is 0 Å². The van der Waals surface area contributed by atoms with Gasteiger partial charge >= 0.3 is 7.25 Å². The van der Waals surface area contributed by atoms with Gasteiger partial charge in [-0.15, -0.1) is 0 Å². The highest BCUT2D eigenvalue weighted by atomic mass is 32.2. The summed E-state index contributed by atoms with van der Waals surface area (Å²) in [5.41, 5.74) is 0.719. The van der Waals surface area contributed by atoms with E-state index in [-0.39, 0.29) is 5.78 Å². The average Bonchev–Trinajstić information content (AvgIpc) is 2.98. The molecule has 0 radical (unpaired) electrons. The van der Waals surface area contributed by atoms with E-state index in [2.05, 4.69) is 97.1 Å². The van der Waals surface area contributed by atoms with Crippen LogP contribution in [-0.4, -0.2) is 17.2 Å². The van der Waals surface area contributed by atoms with Crippen LogP contribution in [0.4, 0.5) is 17.3 Å². The zero-order valence-electron chi connectivity index (χ0n) is 21.2. The smallest absolute Gasteiger partial charge is 0.418 e. The predicted octanol–water partition coefficient (Wildman–Crippen LogP) is 9.42. The number of hydrogen-bond donors (Lipinski definition) is 0. The number of rotatable bonds is 6. The van der Waals surface area contributed by atoms with Crippen molar-refractivity contribution in [1.29, 1.82) is 0 Å². The Morgan fingerprint density at radius 1 is 0.500 bits per heavy atom. The lowest BCUT2D eigenvalue weighted by molar-refractivity contribution is 0.107. The van der Waals surface area contributed by atoms with Crippen LogP contribution in [0.2, 0.25) is 0 Å². The molecule has 0 aromatic heterocycles. The Bertz CT molecular complexity index is 1440. The van der Waals surface area contributed by atoms with E-state index in [1.807, 2.05) is 54.6 Å². The third kappa shape index (κ3) is 8.07. The van der Waals surface area contributed by atoms with E-state index in [4.69, 9.17) is 0 Å². The Hall–Kier alpha value is -3.88. The first kappa shape index (κ1) is 29.1. The molecule has 0 heterocycles. The second kappa shape index (κ2) is 14.0. The van der Waals surface area contributed by atoms with Crippen molar-refractivity contribution < 1.29 is 22.1 Å². The van der Waals surface area contributed by atoms with E-state index in [0.717, 1.165) is 29.3 Å². The van der Waals surface area contributed by atoms with Crippen LogP contribution in [0.3, 0.4) is 0 Å². The van der Waals surface area contributed by atoms with Crippen molar-refractivity contribution in [3.63, 3.8) is 0 Å². The molecule has 202 valence electrons. The summed E-state index contributed by atoms with van der Waals surface area (Å²) in [6.07, 6.45) is 0. The van der Waals surface area contributed by atoms with Gasteiger partial charge in [-0.05, 0) is 48.5 Å². The van der Waals surface area contributed by atoms with Crippen molar-refractivity contribution >= 4 is 38.6 Å². The topological polar surface area (TPSA) is 17.1 Å². The minimum absolute atomic E-state index is 0.0951. The SMILES string of the molecule is F[B-](F)(F)F.O=C(C(=S(c1ccccc1)c1ccccc1)[S+](c1ccccc1)c1ccccc1)c1ccccc1. The van der Waals surface area contributed by atoms with Crippen molar-refractivity contribution in [1.82, 2.24) is 0 Å². The monoisotopic (exact) mass is 576 g/mol. The largest absolute Gasteiger partial charge is 0.673 e. The molecule has 0 fully saturated rings. The van der Waals surface area contributed by atoms with Crippen molar-refractivity contribution in [3.05, 3.63) is 157 Å². The van der Waals surface area contributed by atoms with Gasteiger partial charge in [0.2, 0.25) is 9.98 Å². The molecule has 0 atom stereocenters. The van der Waals surface area contributed by atoms with Crippen LogP contribution in [0.15, 0.2) is 171 Å². The Kier molecular flexibility index (Phi) is 10.2. The van der Waals surface area contributed by atoms with Gasteiger partial charge in [0.1, 0.15) is 10.9 Å². The summed E-state index contributed by atoms with van der Waals surface area (Å²) in [6.45, 7) is 0. The zero-order valence-corrected chi connectivity index (χ0v) is 22.9. The first-order chi connectivity index (χ1) is 19.3. The zero-order chi connectivity index (χ0) is 28.4. The lowest BCUT2D eigenvalue weighted by atomic mass is 10.1. The molecule has 5 aromatic carbocycles. The molecule has 0 bridgehead atoms. The Balaban J connectivity index is 0.000000681. The fourth-order valence-electron chi connectivity index (χ4n) is 3.90. The van der Waals surface area contributed by atoms with Gasteiger partial charge < -0.3 is 17.3 Å². The summed E-state index contributed by atoms with van der Waals surface area (Å²) < 4.78 is 39.9. The first-order valence-corrected chi connectivity index (χ1v) is 14.8. The summed E-state index contributed by atoms with van der Waals surface area (Å²) in [4.78, 5) is 19.1. The van der Waals surface area contributed by atoms with Gasteiger partial charge in [-0.2, -0.15) is 0 Å². The number of benzene rings is 5. The van der Waals surface area contributed by atoms with Crippen molar-refractivity contribution in [2.24, 2.45) is 0 Å². The summed E-state index contributed by atoms with van der Waals surface area (Å²) in [6, 6.07) is 51.5. The first-order valence-electron chi connectivity index (χ1n) is 12.4. The minimum atomic E-state index is -6.00. The molecule has 0 aliphatic heterocycles. The Morgan fingerprint density at radius 2 is 0.800 bits per heavy atom. The van der Waals surface area contributed by atoms with Crippen LogP contribution in [-0.2, 0) is 10.9 Å². The number of hydrogen-bond acceptors (Lipinski definition) is 1. The summed E-state index contributed by atoms with van der Waals surface area (Å²) in [5.74, 6) is 0.0951. The fourth-order valence-corrected chi connectivity index (χ4v) is 9.45. The van der Waals surface area contributed by atoms with Crippen LogP contribution in [0.1, 0.15) is 10.4 Å². The fraction of sp³-hybridized carbons (Fsp3) is 0. The molecule has 5 rings (SSSR count). The number of ketones is 1. The molecule has 0 spiro atoms. The maximum absolute atomic E-state index is 14.5. The Morgan fingerprint density at radius 3 is 1.15 bits per heavy atom. The van der Waals surface area contributed by atoms with Gasteiger partial charge in [0.05, 0.1) is 0 Å². The number of halogens is 4. The van der Waals surface area contributed by atoms with Crippen molar-refractivity contribution in [2.45, 2.75) is 19.6 Å². The Labute approximate surface area is 236 Å². The quantitative estimate of drug-likeness (QED) is 0.0647. The van der Waals surface area contributed by atoms with Gasteiger partial charge in [0.25, 0.3) is 0 Å². The maximum Gasteiger partial charge on any atom is 0.673 e. The molecule has 8 heteroatoms.